The van der Waals surface area contributed by atoms with Gasteiger partial charge in [0.2, 0.25) is 11.6 Å². The Morgan fingerprint density at radius 1 is 1.32 bits per heavy atom. The quantitative estimate of drug-likeness (QED) is 0.748. The molecule has 5 N–H and O–H groups in total. The van der Waals surface area contributed by atoms with Gasteiger partial charge in [0.05, 0.1) is 0 Å². The topological polar surface area (TPSA) is 87.7 Å². The summed E-state index contributed by atoms with van der Waals surface area (Å²) < 4.78 is 0. The molecule has 132 valence electrons. The number of aromatic nitrogens is 1. The van der Waals surface area contributed by atoms with Gasteiger partial charge in [-0.15, -0.1) is 0 Å². The standard InChI is InChI=1S/C20H26N4O/c1-12(25)24(4)14-6-5-13-9-18(23-17(13)10-14)19(22)15-7-8-20(2,3)11-16(15)21/h5-6,9-10,22-23H,7-8,11,21H2,1-4H3/p+1. The summed E-state index contributed by atoms with van der Waals surface area (Å²) in [6.45, 7) is 6.03. The second-order valence-corrected chi connectivity index (χ2v) is 7.79. The summed E-state index contributed by atoms with van der Waals surface area (Å²) in [6, 6.07) is 7.95. The number of hydrogen-bond acceptors (Lipinski definition) is 2. The number of aromatic amines is 1. The van der Waals surface area contributed by atoms with Crippen LogP contribution in [-0.2, 0) is 4.79 Å². The van der Waals surface area contributed by atoms with E-state index in [0.717, 1.165) is 58.5 Å². The summed E-state index contributed by atoms with van der Waals surface area (Å²) >= 11 is 0. The highest BCUT2D eigenvalue weighted by Gasteiger charge is 2.30. The van der Waals surface area contributed by atoms with E-state index in [2.05, 4.69) is 18.8 Å². The highest BCUT2D eigenvalue weighted by molar-refractivity contribution is 6.10. The van der Waals surface area contributed by atoms with Gasteiger partial charge in [-0.05, 0) is 42.9 Å². The van der Waals surface area contributed by atoms with Gasteiger partial charge in [-0.1, -0.05) is 19.9 Å². The lowest BCUT2D eigenvalue weighted by Gasteiger charge is -2.30. The summed E-state index contributed by atoms with van der Waals surface area (Å²) in [7, 11) is 1.77. The number of nitrogens with two attached hydrogens (primary N) is 2. The largest absolute Gasteiger partial charge is 0.402 e. The summed E-state index contributed by atoms with van der Waals surface area (Å²) in [5.74, 6) is -0.0000413. The van der Waals surface area contributed by atoms with Crippen LogP contribution in [0.1, 0.15) is 45.7 Å². The molecule has 0 bridgehead atoms. The number of anilines is 1. The van der Waals surface area contributed by atoms with E-state index in [4.69, 9.17) is 11.1 Å². The molecule has 25 heavy (non-hydrogen) atoms. The van der Waals surface area contributed by atoms with E-state index >= 15 is 0 Å². The minimum Gasteiger partial charge on any atom is -0.402 e. The Morgan fingerprint density at radius 2 is 2.04 bits per heavy atom. The fraction of sp³-hybridized carbons (Fsp3) is 0.400. The van der Waals surface area contributed by atoms with Gasteiger partial charge in [-0.2, -0.15) is 0 Å². The third-order valence-electron chi connectivity index (χ3n) is 5.19. The van der Waals surface area contributed by atoms with Crippen molar-refractivity contribution in [1.29, 1.82) is 0 Å². The molecule has 1 aliphatic carbocycles. The van der Waals surface area contributed by atoms with Crippen LogP contribution in [0.5, 0.6) is 0 Å². The smallest absolute Gasteiger partial charge is 0.225 e. The van der Waals surface area contributed by atoms with Gasteiger partial charge in [0, 0.05) is 41.8 Å². The molecule has 1 amide bonds. The van der Waals surface area contributed by atoms with Crippen LogP contribution in [0.3, 0.4) is 0 Å². The van der Waals surface area contributed by atoms with Crippen molar-refractivity contribution in [3.63, 3.8) is 0 Å². The minimum atomic E-state index is -0.0000413. The Balaban J connectivity index is 1.94. The van der Waals surface area contributed by atoms with E-state index in [1.807, 2.05) is 24.3 Å². The van der Waals surface area contributed by atoms with Crippen LogP contribution >= 0.6 is 0 Å². The Morgan fingerprint density at radius 3 is 2.68 bits per heavy atom. The maximum atomic E-state index is 11.6. The fourth-order valence-corrected chi connectivity index (χ4v) is 3.46. The molecular formula is C20H27N4O+. The fourth-order valence-electron chi connectivity index (χ4n) is 3.46. The lowest BCUT2D eigenvalue weighted by molar-refractivity contribution is -0.116. The molecule has 1 heterocycles. The summed E-state index contributed by atoms with van der Waals surface area (Å²) in [5.41, 5.74) is 11.9. The Bertz CT molecular complexity index is 888. The number of carbonyl (C=O) groups is 1. The number of carbonyl (C=O) groups excluding carboxylic acids is 1. The molecule has 1 aromatic carbocycles. The SMILES string of the molecule is CC(=O)N(C)c1ccc2cc(C(=[NH2+])C3=C(N)CC(C)(C)CC3)[nH]c2c1. The van der Waals surface area contributed by atoms with Crippen molar-refractivity contribution in [2.45, 2.75) is 40.0 Å². The van der Waals surface area contributed by atoms with Crippen molar-refractivity contribution in [2.75, 3.05) is 11.9 Å². The number of nitrogens with one attached hydrogen (secondary N) is 1. The molecule has 3 rings (SSSR count). The van der Waals surface area contributed by atoms with Crippen LogP contribution in [0.2, 0.25) is 0 Å². The molecule has 5 nitrogen and oxygen atoms in total. The van der Waals surface area contributed by atoms with Gasteiger partial charge in [0.25, 0.3) is 0 Å². The predicted molar refractivity (Wildman–Crippen MR) is 102 cm³/mol. The number of benzene rings is 1. The highest BCUT2D eigenvalue weighted by atomic mass is 16.2. The van der Waals surface area contributed by atoms with Gasteiger partial charge in [0.15, 0.2) is 0 Å². The Kier molecular flexibility index (Phi) is 4.19. The number of rotatable bonds is 3. The predicted octanol–water partition coefficient (Wildman–Crippen LogP) is 2.12. The molecular weight excluding hydrogens is 312 g/mol. The zero-order valence-corrected chi connectivity index (χ0v) is 15.4. The molecule has 1 aromatic heterocycles. The Labute approximate surface area is 148 Å². The average molecular weight is 339 g/mol. The molecule has 0 aliphatic heterocycles. The minimum absolute atomic E-state index is 0.0000413. The first kappa shape index (κ1) is 17.3. The number of H-pyrrole nitrogens is 1. The first-order valence-electron chi connectivity index (χ1n) is 8.66. The zero-order chi connectivity index (χ0) is 18.4. The van der Waals surface area contributed by atoms with Gasteiger partial charge < -0.3 is 15.6 Å². The highest BCUT2D eigenvalue weighted by Crippen LogP contribution is 2.37. The van der Waals surface area contributed by atoms with Crippen LogP contribution in [0.25, 0.3) is 10.9 Å². The van der Waals surface area contributed by atoms with Crippen LogP contribution < -0.4 is 16.0 Å². The summed E-state index contributed by atoms with van der Waals surface area (Å²) in [5, 5.41) is 7.51. The molecule has 5 heteroatoms. The number of nitrogens with zero attached hydrogens (tertiary/aromatic N) is 1. The number of amides is 1. The molecule has 0 unspecified atom stereocenters. The van der Waals surface area contributed by atoms with Gasteiger partial charge in [-0.3, -0.25) is 10.2 Å². The number of hydrogen-bond donors (Lipinski definition) is 3. The number of fused-ring (bicyclic) bond motifs is 1. The van der Waals surface area contributed by atoms with Gasteiger partial charge in [0.1, 0.15) is 5.69 Å². The number of allylic oxidation sites excluding steroid dienone is 2. The van der Waals surface area contributed by atoms with E-state index < -0.39 is 0 Å². The van der Waals surface area contributed by atoms with Gasteiger partial charge >= 0.3 is 0 Å². The lowest BCUT2D eigenvalue weighted by atomic mass is 9.75. The van der Waals surface area contributed by atoms with Crippen LogP contribution in [0.4, 0.5) is 5.69 Å². The average Bonchev–Trinajstić information content (AvgIpc) is 2.95. The zero-order valence-electron chi connectivity index (χ0n) is 15.4. The van der Waals surface area contributed by atoms with Gasteiger partial charge in [-0.25, -0.2) is 0 Å². The van der Waals surface area contributed by atoms with Crippen molar-refractivity contribution in [3.05, 3.63) is 41.2 Å². The second-order valence-electron chi connectivity index (χ2n) is 7.79. The van der Waals surface area contributed by atoms with E-state index in [-0.39, 0.29) is 11.3 Å². The molecule has 0 radical (unpaired) electrons. The monoisotopic (exact) mass is 339 g/mol. The normalized spacial score (nSPS) is 17.0. The summed E-state index contributed by atoms with van der Waals surface area (Å²) in [6.07, 6.45) is 2.85. The Hall–Kier alpha value is -2.56. The van der Waals surface area contributed by atoms with E-state index in [1.54, 1.807) is 18.9 Å². The van der Waals surface area contributed by atoms with Crippen molar-refractivity contribution < 1.29 is 10.2 Å². The maximum Gasteiger partial charge on any atom is 0.225 e. The van der Waals surface area contributed by atoms with Crippen LogP contribution in [-0.4, -0.2) is 23.7 Å². The molecule has 1 aliphatic rings. The van der Waals surface area contributed by atoms with Crippen LogP contribution in [0.15, 0.2) is 35.5 Å². The molecule has 0 fully saturated rings. The van der Waals surface area contributed by atoms with Crippen molar-refractivity contribution in [2.24, 2.45) is 11.1 Å². The lowest BCUT2D eigenvalue weighted by Crippen LogP contribution is -2.44. The third kappa shape index (κ3) is 3.31. The molecule has 0 saturated heterocycles. The molecule has 0 atom stereocenters. The van der Waals surface area contributed by atoms with E-state index in [1.165, 1.54) is 0 Å². The van der Waals surface area contributed by atoms with Crippen molar-refractivity contribution >= 4 is 28.2 Å². The van der Waals surface area contributed by atoms with Crippen LogP contribution in [0, 0.1) is 5.41 Å². The second kappa shape index (κ2) is 6.06. The van der Waals surface area contributed by atoms with Crippen molar-refractivity contribution in [1.82, 2.24) is 4.98 Å². The summed E-state index contributed by atoms with van der Waals surface area (Å²) in [4.78, 5) is 16.6. The molecule has 0 spiro atoms. The first-order chi connectivity index (χ1) is 11.7. The molecule has 2 aromatic rings. The van der Waals surface area contributed by atoms with E-state index in [9.17, 15) is 4.79 Å². The first-order valence-corrected chi connectivity index (χ1v) is 8.66. The third-order valence-corrected chi connectivity index (χ3v) is 5.19. The van der Waals surface area contributed by atoms with E-state index in [0.29, 0.717) is 0 Å². The molecule has 0 saturated carbocycles. The maximum absolute atomic E-state index is 11.6. The van der Waals surface area contributed by atoms with Crippen molar-refractivity contribution in [3.8, 4) is 0 Å².